The molecule has 1 heterocycles. The van der Waals surface area contributed by atoms with E-state index in [1.165, 1.54) is 6.07 Å². The molecular formula is C15H18F3NO2S. The van der Waals surface area contributed by atoms with Crippen molar-refractivity contribution in [1.82, 2.24) is 4.72 Å². The van der Waals surface area contributed by atoms with Crippen LogP contribution < -0.4 is 4.72 Å². The normalized spacial score (nSPS) is 16.0. The highest BCUT2D eigenvalue weighted by Crippen LogP contribution is 2.33. The number of halogens is 3. The summed E-state index contributed by atoms with van der Waals surface area (Å²) in [5.41, 5.74) is -0.343. The van der Waals surface area contributed by atoms with Crippen molar-refractivity contribution < 1.29 is 21.8 Å². The van der Waals surface area contributed by atoms with E-state index < -0.39 is 27.5 Å². The number of nitrogens with one attached hydrogen (secondary N) is 1. The second-order valence-electron chi connectivity index (χ2n) is 6.12. The first-order valence-electron chi connectivity index (χ1n) is 6.77. The van der Waals surface area contributed by atoms with Gasteiger partial charge in [0.1, 0.15) is 11.3 Å². The van der Waals surface area contributed by atoms with Gasteiger partial charge in [-0.3, -0.25) is 0 Å². The number of hydrogen-bond acceptors (Lipinski definition) is 2. The van der Waals surface area contributed by atoms with Gasteiger partial charge in [-0.1, -0.05) is 0 Å². The van der Waals surface area contributed by atoms with E-state index in [1.807, 2.05) is 20.8 Å². The van der Waals surface area contributed by atoms with Gasteiger partial charge in [-0.2, -0.15) is 13.2 Å². The van der Waals surface area contributed by atoms with Crippen molar-refractivity contribution in [3.05, 3.63) is 35.6 Å². The highest BCUT2D eigenvalue weighted by Gasteiger charge is 2.31. The zero-order chi connectivity index (χ0) is 16.7. The third-order valence-electron chi connectivity index (χ3n) is 3.13. The predicted octanol–water partition coefficient (Wildman–Crippen LogP) is 4.56. The molecule has 0 amide bonds. The van der Waals surface area contributed by atoms with E-state index in [4.69, 9.17) is 4.42 Å². The molecule has 1 unspecified atom stereocenters. The molecule has 2 aromatic rings. The lowest BCUT2D eigenvalue weighted by molar-refractivity contribution is -0.137. The van der Waals surface area contributed by atoms with Crippen molar-refractivity contribution in [2.45, 2.75) is 44.7 Å². The van der Waals surface area contributed by atoms with Gasteiger partial charge in [-0.25, -0.2) is 8.93 Å². The lowest BCUT2D eigenvalue weighted by atomic mass is 10.1. The van der Waals surface area contributed by atoms with Crippen LogP contribution >= 0.6 is 0 Å². The summed E-state index contributed by atoms with van der Waals surface area (Å²) in [4.78, 5) is 0. The van der Waals surface area contributed by atoms with Crippen LogP contribution in [0.15, 0.2) is 28.7 Å². The Morgan fingerprint density at radius 2 is 1.82 bits per heavy atom. The first-order valence-corrected chi connectivity index (χ1v) is 7.92. The quantitative estimate of drug-likeness (QED) is 0.894. The van der Waals surface area contributed by atoms with Gasteiger partial charge in [0.25, 0.3) is 0 Å². The van der Waals surface area contributed by atoms with Gasteiger partial charge in [0.2, 0.25) is 0 Å². The van der Waals surface area contributed by atoms with Gasteiger partial charge in [0.05, 0.1) is 27.3 Å². The molecular weight excluding hydrogens is 315 g/mol. The summed E-state index contributed by atoms with van der Waals surface area (Å²) in [6.45, 7) is 7.25. The Kier molecular flexibility index (Phi) is 4.41. The van der Waals surface area contributed by atoms with Gasteiger partial charge in [0.15, 0.2) is 0 Å². The molecule has 0 saturated carbocycles. The molecule has 22 heavy (non-hydrogen) atoms. The number of furan rings is 1. The summed E-state index contributed by atoms with van der Waals surface area (Å²) in [7, 11) is -1.30. The van der Waals surface area contributed by atoms with Crippen LogP contribution in [0.25, 0.3) is 11.0 Å². The van der Waals surface area contributed by atoms with Gasteiger partial charge in [-0.05, 0) is 52.0 Å². The molecule has 1 aromatic heterocycles. The van der Waals surface area contributed by atoms with Gasteiger partial charge in [-0.15, -0.1) is 0 Å². The van der Waals surface area contributed by atoms with E-state index in [0.29, 0.717) is 16.7 Å². The standard InChI is InChI=1S/C15H18F3NO2S/c1-9(19-22(20)14(2,3)4)13-8-10-7-11(15(16,17)18)5-6-12(10)21-13/h5-9,19H,1-4H3/t9-,22?/m1/s1. The molecule has 0 radical (unpaired) electrons. The summed E-state index contributed by atoms with van der Waals surface area (Å²) >= 11 is 0. The maximum atomic E-state index is 12.7. The summed E-state index contributed by atoms with van der Waals surface area (Å²) in [5.74, 6) is 0.451. The zero-order valence-electron chi connectivity index (χ0n) is 12.7. The number of benzene rings is 1. The minimum absolute atomic E-state index is 0.373. The van der Waals surface area contributed by atoms with Gasteiger partial charge in [0, 0.05) is 5.39 Å². The number of hydrogen-bond donors (Lipinski definition) is 1. The molecule has 0 aliphatic carbocycles. The number of fused-ring (bicyclic) bond motifs is 1. The van der Waals surface area contributed by atoms with Gasteiger partial charge >= 0.3 is 6.18 Å². The topological polar surface area (TPSA) is 42.2 Å². The molecule has 1 N–H and O–H groups in total. The largest absolute Gasteiger partial charge is 0.459 e. The monoisotopic (exact) mass is 333 g/mol. The highest BCUT2D eigenvalue weighted by molar-refractivity contribution is 7.84. The zero-order valence-corrected chi connectivity index (χ0v) is 13.6. The molecule has 1 aromatic carbocycles. The third-order valence-corrected chi connectivity index (χ3v) is 4.81. The van der Waals surface area contributed by atoms with Gasteiger partial charge < -0.3 is 4.42 Å². The fourth-order valence-electron chi connectivity index (χ4n) is 1.85. The van der Waals surface area contributed by atoms with E-state index in [9.17, 15) is 17.4 Å². The average molecular weight is 333 g/mol. The summed E-state index contributed by atoms with van der Waals surface area (Å²) in [6, 6.07) is 4.51. The van der Waals surface area contributed by atoms with E-state index in [-0.39, 0.29) is 6.04 Å². The Labute approximate surface area is 129 Å². The minimum Gasteiger partial charge on any atom is -0.459 e. The first kappa shape index (κ1) is 17.0. The Bertz CT molecular complexity index is 701. The summed E-state index contributed by atoms with van der Waals surface area (Å²) < 4.78 is 58.2. The van der Waals surface area contributed by atoms with Crippen LogP contribution in [-0.2, 0) is 17.2 Å². The van der Waals surface area contributed by atoms with E-state index >= 15 is 0 Å². The molecule has 2 rings (SSSR count). The molecule has 0 aliphatic rings. The Morgan fingerprint density at radius 3 is 2.36 bits per heavy atom. The van der Waals surface area contributed by atoms with Crippen LogP contribution in [0.4, 0.5) is 13.2 Å². The molecule has 7 heteroatoms. The van der Waals surface area contributed by atoms with E-state index in [0.717, 1.165) is 12.1 Å². The summed E-state index contributed by atoms with van der Waals surface area (Å²) in [6.07, 6.45) is -4.39. The number of rotatable bonds is 3. The Balaban J connectivity index is 2.28. The molecule has 0 aliphatic heterocycles. The SMILES string of the molecule is C[C@@H](NS(=O)C(C)(C)C)c1cc2cc(C(F)(F)F)ccc2o1. The fourth-order valence-corrected chi connectivity index (χ4v) is 2.64. The lowest BCUT2D eigenvalue weighted by Gasteiger charge is -2.20. The highest BCUT2D eigenvalue weighted by atomic mass is 32.2. The number of alkyl halides is 3. The van der Waals surface area contributed by atoms with Crippen LogP contribution in [0.5, 0.6) is 0 Å². The predicted molar refractivity (Wildman–Crippen MR) is 80.7 cm³/mol. The third kappa shape index (κ3) is 3.70. The van der Waals surface area contributed by atoms with Crippen molar-refractivity contribution in [3.8, 4) is 0 Å². The molecule has 0 fully saturated rings. The minimum atomic E-state index is -4.39. The lowest BCUT2D eigenvalue weighted by Crippen LogP contribution is -2.34. The second-order valence-corrected chi connectivity index (χ2v) is 8.12. The van der Waals surface area contributed by atoms with Crippen LogP contribution in [-0.4, -0.2) is 8.96 Å². The maximum Gasteiger partial charge on any atom is 0.416 e. The van der Waals surface area contributed by atoms with Crippen LogP contribution in [0.1, 0.15) is 45.1 Å². The van der Waals surface area contributed by atoms with Crippen LogP contribution in [0.2, 0.25) is 0 Å². The van der Waals surface area contributed by atoms with Crippen molar-refractivity contribution in [2.24, 2.45) is 0 Å². The van der Waals surface area contributed by atoms with E-state index in [1.54, 1.807) is 13.0 Å². The smallest absolute Gasteiger partial charge is 0.416 e. The molecule has 2 atom stereocenters. The Hall–Kier alpha value is -1.34. The molecule has 0 bridgehead atoms. The average Bonchev–Trinajstić information content (AvgIpc) is 2.79. The molecule has 0 spiro atoms. The second kappa shape index (κ2) is 5.70. The fraction of sp³-hybridized carbons (Fsp3) is 0.467. The van der Waals surface area contributed by atoms with E-state index in [2.05, 4.69) is 4.72 Å². The van der Waals surface area contributed by atoms with Crippen LogP contribution in [0.3, 0.4) is 0 Å². The van der Waals surface area contributed by atoms with Crippen molar-refractivity contribution in [1.29, 1.82) is 0 Å². The first-order chi connectivity index (χ1) is 9.98. The van der Waals surface area contributed by atoms with Crippen molar-refractivity contribution >= 4 is 22.0 Å². The maximum absolute atomic E-state index is 12.7. The molecule has 122 valence electrons. The van der Waals surface area contributed by atoms with Crippen molar-refractivity contribution in [3.63, 3.8) is 0 Å². The van der Waals surface area contributed by atoms with Crippen LogP contribution in [0, 0.1) is 0 Å². The molecule has 0 saturated heterocycles. The Morgan fingerprint density at radius 1 is 1.18 bits per heavy atom. The van der Waals surface area contributed by atoms with Crippen molar-refractivity contribution in [2.75, 3.05) is 0 Å². The summed E-state index contributed by atoms with van der Waals surface area (Å²) in [5, 5.41) is 0.375. The molecule has 3 nitrogen and oxygen atoms in total.